The van der Waals surface area contributed by atoms with Crippen LogP contribution in [0, 0.1) is 5.92 Å². The highest BCUT2D eigenvalue weighted by Crippen LogP contribution is 2.30. The van der Waals surface area contributed by atoms with E-state index in [9.17, 15) is 9.90 Å². The Kier molecular flexibility index (Phi) is 3.69. The molecular weight excluding hydrogens is 180 g/mol. The molecule has 80 valence electrons. The second-order valence-corrected chi connectivity index (χ2v) is 3.76. The molecule has 1 aliphatic carbocycles. The molecule has 0 radical (unpaired) electrons. The molecule has 14 heavy (non-hydrogen) atoms. The van der Waals surface area contributed by atoms with Gasteiger partial charge in [0.1, 0.15) is 0 Å². The Hall–Kier alpha value is -0.830. The summed E-state index contributed by atoms with van der Waals surface area (Å²) >= 11 is 0. The average molecular weight is 198 g/mol. The molecule has 1 aliphatic rings. The van der Waals surface area contributed by atoms with E-state index in [1.165, 1.54) is 0 Å². The van der Waals surface area contributed by atoms with Gasteiger partial charge in [-0.05, 0) is 33.1 Å². The highest BCUT2D eigenvalue weighted by Gasteiger charge is 2.37. The third-order valence-electron chi connectivity index (χ3n) is 2.74. The van der Waals surface area contributed by atoms with Gasteiger partial charge in [-0.1, -0.05) is 12.2 Å². The number of aliphatic hydroxyl groups is 1. The molecule has 2 atom stereocenters. The lowest BCUT2D eigenvalue weighted by Crippen LogP contribution is -2.40. The van der Waals surface area contributed by atoms with Crippen molar-refractivity contribution in [1.29, 1.82) is 0 Å². The molecular formula is C11H18O3. The van der Waals surface area contributed by atoms with E-state index in [-0.39, 0.29) is 5.97 Å². The lowest BCUT2D eigenvalue weighted by Gasteiger charge is -2.31. The largest absolute Gasteiger partial charge is 0.466 e. The van der Waals surface area contributed by atoms with E-state index in [0.717, 1.165) is 12.8 Å². The fourth-order valence-corrected chi connectivity index (χ4v) is 1.71. The second-order valence-electron chi connectivity index (χ2n) is 3.76. The maximum Gasteiger partial charge on any atom is 0.311 e. The van der Waals surface area contributed by atoms with Crippen LogP contribution in [0.25, 0.3) is 0 Å². The Balaban J connectivity index is 2.66. The van der Waals surface area contributed by atoms with E-state index >= 15 is 0 Å². The van der Waals surface area contributed by atoms with Crippen LogP contribution >= 0.6 is 0 Å². The zero-order valence-electron chi connectivity index (χ0n) is 8.82. The van der Waals surface area contributed by atoms with Crippen molar-refractivity contribution >= 4 is 5.97 Å². The van der Waals surface area contributed by atoms with Crippen LogP contribution in [0.2, 0.25) is 0 Å². The fraction of sp³-hybridized carbons (Fsp3) is 0.727. The van der Waals surface area contributed by atoms with Crippen LogP contribution in [0.3, 0.4) is 0 Å². The van der Waals surface area contributed by atoms with Gasteiger partial charge in [0.15, 0.2) is 0 Å². The van der Waals surface area contributed by atoms with Crippen LogP contribution in [0.15, 0.2) is 12.2 Å². The number of hydrogen-bond acceptors (Lipinski definition) is 3. The van der Waals surface area contributed by atoms with E-state index < -0.39 is 11.5 Å². The molecule has 3 heteroatoms. The number of carbonyl (C=O) groups excluding carboxylic acids is 1. The molecule has 3 nitrogen and oxygen atoms in total. The summed E-state index contributed by atoms with van der Waals surface area (Å²) in [6.45, 7) is 3.85. The van der Waals surface area contributed by atoms with E-state index in [4.69, 9.17) is 4.74 Å². The smallest absolute Gasteiger partial charge is 0.311 e. The first-order valence-electron chi connectivity index (χ1n) is 5.17. The molecule has 1 N–H and O–H groups in total. The van der Waals surface area contributed by atoms with Gasteiger partial charge in [-0.2, -0.15) is 0 Å². The maximum absolute atomic E-state index is 11.4. The summed E-state index contributed by atoms with van der Waals surface area (Å²) < 4.78 is 4.89. The molecule has 0 fully saturated rings. The number of carbonyl (C=O) groups is 1. The van der Waals surface area contributed by atoms with E-state index in [1.807, 2.05) is 6.08 Å². The van der Waals surface area contributed by atoms with Crippen molar-refractivity contribution in [2.24, 2.45) is 5.92 Å². The monoisotopic (exact) mass is 198 g/mol. The molecule has 0 saturated carbocycles. The lowest BCUT2D eigenvalue weighted by atomic mass is 9.81. The zero-order chi connectivity index (χ0) is 10.6. The minimum Gasteiger partial charge on any atom is -0.466 e. The van der Waals surface area contributed by atoms with Crippen LogP contribution < -0.4 is 0 Å². The van der Waals surface area contributed by atoms with Gasteiger partial charge in [0.05, 0.1) is 18.1 Å². The number of hydrogen-bond donors (Lipinski definition) is 1. The van der Waals surface area contributed by atoms with Gasteiger partial charge in [0.25, 0.3) is 0 Å². The summed E-state index contributed by atoms with van der Waals surface area (Å²) in [5, 5.41) is 10.1. The van der Waals surface area contributed by atoms with Crippen LogP contribution in [0.5, 0.6) is 0 Å². The van der Waals surface area contributed by atoms with Crippen molar-refractivity contribution in [2.75, 3.05) is 6.61 Å². The summed E-state index contributed by atoms with van der Waals surface area (Å²) in [5.41, 5.74) is -0.996. The van der Waals surface area contributed by atoms with Gasteiger partial charge in [-0.3, -0.25) is 4.79 Å². The van der Waals surface area contributed by atoms with Gasteiger partial charge in [0, 0.05) is 0 Å². The highest BCUT2D eigenvalue weighted by molar-refractivity contribution is 5.74. The predicted molar refractivity (Wildman–Crippen MR) is 53.7 cm³/mol. The molecule has 1 rings (SSSR count). The summed E-state index contributed by atoms with van der Waals surface area (Å²) in [4.78, 5) is 11.4. The van der Waals surface area contributed by atoms with Gasteiger partial charge in [-0.25, -0.2) is 0 Å². The Morgan fingerprint density at radius 3 is 2.93 bits per heavy atom. The van der Waals surface area contributed by atoms with E-state index in [1.54, 1.807) is 19.9 Å². The van der Waals surface area contributed by atoms with Crippen molar-refractivity contribution < 1.29 is 14.6 Å². The molecule has 0 aromatic rings. The molecule has 0 aromatic heterocycles. The van der Waals surface area contributed by atoms with Crippen molar-refractivity contribution in [2.45, 2.75) is 38.7 Å². The summed E-state index contributed by atoms with van der Waals surface area (Å²) in [6, 6.07) is 0. The van der Waals surface area contributed by atoms with Crippen molar-refractivity contribution in [3.63, 3.8) is 0 Å². The van der Waals surface area contributed by atoms with Crippen LogP contribution in [-0.4, -0.2) is 23.3 Å². The third-order valence-corrected chi connectivity index (χ3v) is 2.74. The Morgan fingerprint density at radius 1 is 1.71 bits per heavy atom. The molecule has 0 saturated heterocycles. The Bertz CT molecular complexity index is 235. The topological polar surface area (TPSA) is 46.5 Å². The van der Waals surface area contributed by atoms with Gasteiger partial charge >= 0.3 is 5.97 Å². The minimum absolute atomic E-state index is 0.318. The fourth-order valence-electron chi connectivity index (χ4n) is 1.71. The molecule has 0 heterocycles. The summed E-state index contributed by atoms with van der Waals surface area (Å²) in [6.07, 6.45) is 6.22. The SMILES string of the molecule is CCOC(=O)C(C)C1(O)C=CCCC1. The van der Waals surface area contributed by atoms with E-state index in [0.29, 0.717) is 13.0 Å². The first-order valence-corrected chi connectivity index (χ1v) is 5.17. The number of allylic oxidation sites excluding steroid dienone is 1. The molecule has 0 bridgehead atoms. The first kappa shape index (κ1) is 11.2. The third kappa shape index (κ3) is 2.35. The van der Waals surface area contributed by atoms with Crippen molar-refractivity contribution in [3.8, 4) is 0 Å². The van der Waals surface area contributed by atoms with Crippen LogP contribution in [0.4, 0.5) is 0 Å². The molecule has 0 aromatic carbocycles. The Labute approximate surface area is 84.8 Å². The molecule has 2 unspecified atom stereocenters. The minimum atomic E-state index is -0.996. The van der Waals surface area contributed by atoms with Gasteiger partial charge in [0.2, 0.25) is 0 Å². The standard InChI is InChI=1S/C11H18O3/c1-3-14-10(12)9(2)11(13)7-5-4-6-8-11/h5,7,9,13H,3-4,6,8H2,1-2H3. The maximum atomic E-state index is 11.4. The second kappa shape index (κ2) is 4.60. The number of esters is 1. The average Bonchev–Trinajstić information content (AvgIpc) is 2.18. The zero-order valence-corrected chi connectivity index (χ0v) is 8.82. The number of rotatable bonds is 3. The molecule has 0 spiro atoms. The Morgan fingerprint density at radius 2 is 2.43 bits per heavy atom. The molecule has 0 aliphatic heterocycles. The van der Waals surface area contributed by atoms with Crippen molar-refractivity contribution in [3.05, 3.63) is 12.2 Å². The number of ether oxygens (including phenoxy) is 1. The summed E-state index contributed by atoms with van der Waals surface area (Å²) in [7, 11) is 0. The summed E-state index contributed by atoms with van der Waals surface area (Å²) in [5.74, 6) is -0.791. The van der Waals surface area contributed by atoms with Gasteiger partial charge < -0.3 is 9.84 Å². The first-order chi connectivity index (χ1) is 6.60. The normalized spacial score (nSPS) is 28.5. The van der Waals surface area contributed by atoms with Crippen LogP contribution in [0.1, 0.15) is 33.1 Å². The predicted octanol–water partition coefficient (Wildman–Crippen LogP) is 1.66. The quantitative estimate of drug-likeness (QED) is 0.554. The highest BCUT2D eigenvalue weighted by atomic mass is 16.5. The van der Waals surface area contributed by atoms with Crippen molar-refractivity contribution in [1.82, 2.24) is 0 Å². The molecule has 0 amide bonds. The van der Waals surface area contributed by atoms with E-state index in [2.05, 4.69) is 0 Å². The lowest BCUT2D eigenvalue weighted by molar-refractivity contribution is -0.154. The van der Waals surface area contributed by atoms with Gasteiger partial charge in [-0.15, -0.1) is 0 Å². The van der Waals surface area contributed by atoms with Crippen LogP contribution in [-0.2, 0) is 9.53 Å².